The Kier molecular flexibility index (Phi) is 3.06. The van der Waals surface area contributed by atoms with E-state index in [1.807, 2.05) is 0 Å². The molecule has 0 spiro atoms. The van der Waals surface area contributed by atoms with Crippen LogP contribution in [-0.2, 0) is 0 Å². The van der Waals surface area contributed by atoms with Crippen LogP contribution in [0.5, 0.6) is 0 Å². The van der Waals surface area contributed by atoms with Gasteiger partial charge in [0.1, 0.15) is 0 Å². The van der Waals surface area contributed by atoms with Crippen LogP contribution >= 0.6 is 0 Å². The summed E-state index contributed by atoms with van der Waals surface area (Å²) < 4.78 is 0. The Labute approximate surface area is 83.5 Å². The molecular formula is C12H25N. The molecule has 0 aliphatic carbocycles. The molecule has 1 saturated heterocycles. The van der Waals surface area contributed by atoms with Gasteiger partial charge in [-0.3, -0.25) is 4.90 Å². The maximum Gasteiger partial charge on any atom is 0.0158 e. The Morgan fingerprint density at radius 2 is 1.38 bits per heavy atom. The predicted molar refractivity (Wildman–Crippen MR) is 59.0 cm³/mol. The summed E-state index contributed by atoms with van der Waals surface area (Å²) in [5.74, 6) is 0. The van der Waals surface area contributed by atoms with E-state index >= 15 is 0 Å². The van der Waals surface area contributed by atoms with Gasteiger partial charge in [-0.15, -0.1) is 0 Å². The van der Waals surface area contributed by atoms with E-state index < -0.39 is 0 Å². The summed E-state index contributed by atoms with van der Waals surface area (Å²) in [5, 5.41) is 0. The van der Waals surface area contributed by atoms with Gasteiger partial charge < -0.3 is 0 Å². The molecule has 0 unspecified atom stereocenters. The van der Waals surface area contributed by atoms with Gasteiger partial charge in [0.2, 0.25) is 0 Å². The number of likely N-dealkylation sites (tertiary alicyclic amines) is 1. The maximum absolute atomic E-state index is 2.65. The van der Waals surface area contributed by atoms with Gasteiger partial charge in [0.25, 0.3) is 0 Å². The predicted octanol–water partition coefficient (Wildman–Crippen LogP) is 3.30. The molecule has 1 aliphatic rings. The van der Waals surface area contributed by atoms with Crippen LogP contribution in [0.2, 0.25) is 0 Å². The molecule has 0 atom stereocenters. The zero-order valence-electron chi connectivity index (χ0n) is 9.98. The second-order valence-corrected chi connectivity index (χ2v) is 6.24. The van der Waals surface area contributed by atoms with Crippen molar-refractivity contribution in [1.82, 2.24) is 4.90 Å². The fourth-order valence-electron chi connectivity index (χ4n) is 2.73. The van der Waals surface area contributed by atoms with Crippen LogP contribution < -0.4 is 0 Å². The monoisotopic (exact) mass is 183 g/mol. The molecule has 0 amide bonds. The Morgan fingerprint density at radius 1 is 0.923 bits per heavy atom. The SMILES string of the molecule is CC(C)(C)CC(C)(C)N1CCCC1. The molecule has 0 aromatic heterocycles. The lowest BCUT2D eigenvalue weighted by Crippen LogP contribution is -2.44. The fraction of sp³-hybridized carbons (Fsp3) is 1.00. The van der Waals surface area contributed by atoms with Crippen molar-refractivity contribution in [2.24, 2.45) is 5.41 Å². The Hall–Kier alpha value is -0.0400. The summed E-state index contributed by atoms with van der Waals surface area (Å²) >= 11 is 0. The van der Waals surface area contributed by atoms with Crippen molar-refractivity contribution >= 4 is 0 Å². The Bertz CT molecular complexity index is 158. The largest absolute Gasteiger partial charge is 0.298 e. The van der Waals surface area contributed by atoms with E-state index in [0.29, 0.717) is 11.0 Å². The first-order valence-corrected chi connectivity index (χ1v) is 5.56. The van der Waals surface area contributed by atoms with E-state index in [1.54, 1.807) is 0 Å². The molecule has 13 heavy (non-hydrogen) atoms. The molecule has 0 N–H and O–H groups in total. The number of rotatable bonds is 2. The van der Waals surface area contributed by atoms with Crippen LogP contribution in [0.1, 0.15) is 53.9 Å². The Balaban J connectivity index is 2.53. The normalized spacial score (nSPS) is 21.0. The summed E-state index contributed by atoms with van der Waals surface area (Å²) in [6, 6.07) is 0. The van der Waals surface area contributed by atoms with E-state index in [4.69, 9.17) is 0 Å². The molecule has 1 rings (SSSR count). The molecule has 0 aromatic rings. The van der Waals surface area contributed by atoms with Crippen LogP contribution in [-0.4, -0.2) is 23.5 Å². The summed E-state index contributed by atoms with van der Waals surface area (Å²) in [5.41, 5.74) is 0.848. The highest BCUT2D eigenvalue weighted by atomic mass is 15.2. The van der Waals surface area contributed by atoms with Crippen molar-refractivity contribution in [1.29, 1.82) is 0 Å². The summed E-state index contributed by atoms with van der Waals surface area (Å²) in [6.45, 7) is 14.4. The third-order valence-corrected chi connectivity index (χ3v) is 2.93. The molecule has 1 fully saturated rings. The third kappa shape index (κ3) is 3.30. The van der Waals surface area contributed by atoms with Crippen molar-refractivity contribution in [3.63, 3.8) is 0 Å². The van der Waals surface area contributed by atoms with Crippen molar-refractivity contribution < 1.29 is 0 Å². The highest BCUT2D eigenvalue weighted by Crippen LogP contribution is 2.32. The van der Waals surface area contributed by atoms with Crippen molar-refractivity contribution in [3.05, 3.63) is 0 Å². The van der Waals surface area contributed by atoms with Crippen molar-refractivity contribution in [3.8, 4) is 0 Å². The molecule has 1 aliphatic heterocycles. The molecule has 0 bridgehead atoms. The lowest BCUT2D eigenvalue weighted by molar-refractivity contribution is 0.102. The van der Waals surface area contributed by atoms with E-state index in [0.717, 1.165) is 0 Å². The van der Waals surface area contributed by atoms with Gasteiger partial charge in [0.15, 0.2) is 0 Å². The topological polar surface area (TPSA) is 3.24 Å². The van der Waals surface area contributed by atoms with Gasteiger partial charge >= 0.3 is 0 Å². The summed E-state index contributed by atoms with van der Waals surface area (Å²) in [6.07, 6.45) is 4.08. The molecule has 0 aromatic carbocycles. The minimum Gasteiger partial charge on any atom is -0.298 e. The van der Waals surface area contributed by atoms with E-state index in [-0.39, 0.29) is 0 Å². The van der Waals surface area contributed by atoms with Crippen LogP contribution in [0, 0.1) is 5.41 Å². The standard InChI is InChI=1S/C12H25N/c1-11(2,3)10-12(4,5)13-8-6-7-9-13/h6-10H2,1-5H3. The molecule has 1 heterocycles. The number of hydrogen-bond acceptors (Lipinski definition) is 1. The first-order chi connectivity index (χ1) is 5.81. The van der Waals surface area contributed by atoms with Crippen LogP contribution in [0.25, 0.3) is 0 Å². The van der Waals surface area contributed by atoms with Gasteiger partial charge in [-0.1, -0.05) is 20.8 Å². The lowest BCUT2D eigenvalue weighted by atomic mass is 9.81. The molecule has 0 saturated carbocycles. The fourth-order valence-corrected chi connectivity index (χ4v) is 2.73. The molecule has 0 radical (unpaired) electrons. The second kappa shape index (κ2) is 3.61. The van der Waals surface area contributed by atoms with Gasteiger partial charge in [0, 0.05) is 5.54 Å². The van der Waals surface area contributed by atoms with Gasteiger partial charge in [0.05, 0.1) is 0 Å². The highest BCUT2D eigenvalue weighted by molar-refractivity contribution is 4.88. The average molecular weight is 183 g/mol. The first kappa shape index (κ1) is 11.0. The van der Waals surface area contributed by atoms with E-state index in [2.05, 4.69) is 39.5 Å². The Morgan fingerprint density at radius 3 is 1.77 bits per heavy atom. The quantitative estimate of drug-likeness (QED) is 0.635. The summed E-state index contributed by atoms with van der Waals surface area (Å²) in [7, 11) is 0. The minimum atomic E-state index is 0.398. The zero-order valence-corrected chi connectivity index (χ0v) is 9.98. The maximum atomic E-state index is 2.65. The average Bonchev–Trinajstić information content (AvgIpc) is 2.29. The smallest absolute Gasteiger partial charge is 0.0158 e. The first-order valence-electron chi connectivity index (χ1n) is 5.56. The van der Waals surface area contributed by atoms with Crippen molar-refractivity contribution in [2.75, 3.05) is 13.1 Å². The van der Waals surface area contributed by atoms with E-state index in [9.17, 15) is 0 Å². The number of nitrogens with zero attached hydrogens (tertiary/aromatic N) is 1. The van der Waals surface area contributed by atoms with Crippen molar-refractivity contribution in [2.45, 2.75) is 59.4 Å². The summed E-state index contributed by atoms with van der Waals surface area (Å²) in [4.78, 5) is 2.65. The lowest BCUT2D eigenvalue weighted by Gasteiger charge is -2.40. The highest BCUT2D eigenvalue weighted by Gasteiger charge is 2.32. The molecular weight excluding hydrogens is 158 g/mol. The minimum absolute atomic E-state index is 0.398. The van der Waals surface area contributed by atoms with Crippen LogP contribution in [0.15, 0.2) is 0 Å². The second-order valence-electron chi connectivity index (χ2n) is 6.24. The third-order valence-electron chi connectivity index (χ3n) is 2.93. The van der Waals surface area contributed by atoms with Gasteiger partial charge in [-0.05, 0) is 51.6 Å². The van der Waals surface area contributed by atoms with Gasteiger partial charge in [-0.2, -0.15) is 0 Å². The molecule has 1 nitrogen and oxygen atoms in total. The van der Waals surface area contributed by atoms with Crippen LogP contribution in [0.3, 0.4) is 0 Å². The van der Waals surface area contributed by atoms with Crippen LogP contribution in [0.4, 0.5) is 0 Å². The van der Waals surface area contributed by atoms with E-state index in [1.165, 1.54) is 32.4 Å². The number of hydrogen-bond donors (Lipinski definition) is 0. The zero-order chi connectivity index (χ0) is 10.1. The van der Waals surface area contributed by atoms with Gasteiger partial charge in [-0.25, -0.2) is 0 Å². The molecule has 1 heteroatoms. The molecule has 78 valence electrons.